The van der Waals surface area contributed by atoms with E-state index in [1.165, 1.54) is 25.7 Å². The zero-order valence-corrected chi connectivity index (χ0v) is 17.7. The Morgan fingerprint density at radius 1 is 1.18 bits per heavy atom. The van der Waals surface area contributed by atoms with Crippen LogP contribution in [-0.2, 0) is 4.79 Å². The summed E-state index contributed by atoms with van der Waals surface area (Å²) in [5.74, 6) is 1.83. The van der Waals surface area contributed by atoms with Crippen molar-refractivity contribution in [2.45, 2.75) is 90.8 Å². The Morgan fingerprint density at radius 3 is 2.64 bits per heavy atom. The summed E-state index contributed by atoms with van der Waals surface area (Å²) in [4.78, 5) is 10.9. The number of carboxylic acid groups (broad SMARTS) is 1. The maximum Gasteiger partial charge on any atom is 0.0759 e. The summed E-state index contributed by atoms with van der Waals surface area (Å²) < 4.78 is 0. The number of hydrogen-bond acceptors (Lipinski definition) is 4. The first-order valence-electron chi connectivity index (χ1n) is 11.4. The van der Waals surface area contributed by atoms with Crippen LogP contribution in [0.15, 0.2) is 11.6 Å². The first-order valence-corrected chi connectivity index (χ1v) is 11.4. The van der Waals surface area contributed by atoms with Gasteiger partial charge in [0.25, 0.3) is 0 Å². The Morgan fingerprint density at radius 2 is 1.93 bits per heavy atom. The van der Waals surface area contributed by atoms with E-state index in [0.29, 0.717) is 36.0 Å². The van der Waals surface area contributed by atoms with Crippen molar-refractivity contribution >= 4 is 5.97 Å². The van der Waals surface area contributed by atoms with Crippen LogP contribution in [0.25, 0.3) is 0 Å². The molecule has 4 heteroatoms. The number of hydrogen-bond donors (Lipinski definition) is 2. The Bertz CT molecular complexity index is 657. The fraction of sp³-hybridized carbons (Fsp3) is 0.875. The van der Waals surface area contributed by atoms with Gasteiger partial charge in [-0.05, 0) is 104 Å². The van der Waals surface area contributed by atoms with Crippen LogP contribution in [0.2, 0.25) is 0 Å². The van der Waals surface area contributed by atoms with Gasteiger partial charge in [0.15, 0.2) is 0 Å². The quantitative estimate of drug-likeness (QED) is 0.724. The average Bonchev–Trinajstić information content (AvgIpc) is 2.99. The number of rotatable bonds is 4. The molecule has 3 fully saturated rings. The van der Waals surface area contributed by atoms with Gasteiger partial charge in [-0.1, -0.05) is 26.8 Å². The van der Waals surface area contributed by atoms with Crippen LogP contribution in [0.5, 0.6) is 0 Å². The van der Waals surface area contributed by atoms with Crippen molar-refractivity contribution in [3.8, 4) is 0 Å². The predicted octanol–water partition coefficient (Wildman–Crippen LogP) is 3.06. The molecule has 4 rings (SSSR count). The van der Waals surface area contributed by atoms with Crippen LogP contribution < -0.4 is 5.11 Å². The second-order valence-electron chi connectivity index (χ2n) is 10.9. The Balaban J connectivity index is 1.57. The first-order chi connectivity index (χ1) is 13.2. The monoisotopic (exact) mass is 389 g/mol. The van der Waals surface area contributed by atoms with Crippen LogP contribution >= 0.6 is 0 Å². The number of carbonyl (C=O) groups excluding carboxylic acids is 1. The fourth-order valence-corrected chi connectivity index (χ4v) is 8.28. The van der Waals surface area contributed by atoms with Gasteiger partial charge in [0.2, 0.25) is 0 Å². The highest BCUT2D eigenvalue weighted by Crippen LogP contribution is 2.67. The highest BCUT2D eigenvalue weighted by molar-refractivity contribution is 5.64. The average molecular weight is 390 g/mol. The summed E-state index contributed by atoms with van der Waals surface area (Å²) in [7, 11) is 0. The van der Waals surface area contributed by atoms with Crippen LogP contribution in [0.1, 0.15) is 78.6 Å². The van der Waals surface area contributed by atoms with Gasteiger partial charge < -0.3 is 20.1 Å². The van der Waals surface area contributed by atoms with Crippen molar-refractivity contribution in [2.24, 2.45) is 40.4 Å². The molecule has 3 saturated carbocycles. The first kappa shape index (κ1) is 20.4. The molecular weight excluding hydrogens is 352 g/mol. The van der Waals surface area contributed by atoms with E-state index in [-0.39, 0.29) is 17.3 Å². The van der Waals surface area contributed by atoms with Crippen molar-refractivity contribution in [3.63, 3.8) is 0 Å². The van der Waals surface area contributed by atoms with Gasteiger partial charge >= 0.3 is 0 Å². The van der Waals surface area contributed by atoms with Gasteiger partial charge in [-0.25, -0.2) is 0 Å². The van der Waals surface area contributed by atoms with Crippen LogP contribution in [0.4, 0.5) is 0 Å². The Labute approximate surface area is 169 Å². The molecule has 4 aliphatic rings. The van der Waals surface area contributed by atoms with Crippen molar-refractivity contribution in [2.75, 3.05) is 0 Å². The maximum atomic E-state index is 11.0. The molecule has 0 aromatic carbocycles. The van der Waals surface area contributed by atoms with Gasteiger partial charge in [-0.15, -0.1) is 0 Å². The lowest BCUT2D eigenvalue weighted by Crippen LogP contribution is -2.54. The van der Waals surface area contributed by atoms with Crippen molar-refractivity contribution in [1.29, 1.82) is 0 Å². The molecule has 4 nitrogen and oxygen atoms in total. The highest BCUT2D eigenvalue weighted by atomic mass is 16.4. The molecule has 0 aromatic heterocycles. The number of aliphatic carboxylic acids is 1. The molecule has 0 saturated heterocycles. The molecule has 0 unspecified atom stereocenters. The number of fused-ring (bicyclic) bond motifs is 5. The predicted molar refractivity (Wildman–Crippen MR) is 106 cm³/mol. The molecule has 0 spiro atoms. The molecule has 9 atom stereocenters. The van der Waals surface area contributed by atoms with E-state index in [1.54, 1.807) is 0 Å². The minimum absolute atomic E-state index is 0.0293. The SMILES string of the molecule is C[C@H](CCC(=O)[O-])[C@@H]1CC[C@H]2[C@H]3C[C@H](O)C4=C[C@H](O)CC[C@@]4(C)[C@@H]3CC[C@@]21C. The third kappa shape index (κ3) is 3.06. The number of aliphatic hydroxyl groups excluding tert-OH is 2. The molecule has 4 aliphatic carbocycles. The van der Waals surface area contributed by atoms with Crippen LogP contribution in [-0.4, -0.2) is 28.4 Å². The van der Waals surface area contributed by atoms with Crippen molar-refractivity contribution < 1.29 is 20.1 Å². The molecule has 0 heterocycles. The lowest BCUT2D eigenvalue weighted by molar-refractivity contribution is -0.306. The summed E-state index contributed by atoms with van der Waals surface area (Å²) in [6.07, 6.45) is 9.44. The second kappa shape index (κ2) is 7.12. The Hall–Kier alpha value is -0.870. The third-order valence-electron chi connectivity index (χ3n) is 9.66. The molecule has 0 amide bonds. The van der Waals surface area contributed by atoms with Gasteiger partial charge in [0.1, 0.15) is 0 Å². The molecule has 28 heavy (non-hydrogen) atoms. The third-order valence-corrected chi connectivity index (χ3v) is 9.66. The largest absolute Gasteiger partial charge is 0.550 e. The normalized spacial score (nSPS) is 48.8. The molecule has 2 N–H and O–H groups in total. The Kier molecular flexibility index (Phi) is 5.19. The lowest BCUT2D eigenvalue weighted by atomic mass is 9.46. The molecule has 158 valence electrons. The summed E-state index contributed by atoms with van der Waals surface area (Å²) in [6.45, 7) is 7.02. The van der Waals surface area contributed by atoms with Crippen LogP contribution in [0, 0.1) is 40.4 Å². The van der Waals surface area contributed by atoms with E-state index in [2.05, 4.69) is 20.8 Å². The van der Waals surface area contributed by atoms with Gasteiger partial charge in [-0.3, -0.25) is 0 Å². The van der Waals surface area contributed by atoms with E-state index in [0.717, 1.165) is 24.8 Å². The summed E-state index contributed by atoms with van der Waals surface area (Å²) in [5.41, 5.74) is 1.40. The van der Waals surface area contributed by atoms with E-state index in [1.807, 2.05) is 6.08 Å². The second-order valence-corrected chi connectivity index (χ2v) is 10.9. The highest BCUT2D eigenvalue weighted by Gasteiger charge is 2.60. The fourth-order valence-electron chi connectivity index (χ4n) is 8.28. The molecule has 0 aliphatic heterocycles. The molecule has 0 bridgehead atoms. The van der Waals surface area contributed by atoms with E-state index in [4.69, 9.17) is 0 Å². The maximum absolute atomic E-state index is 11.0. The standard InChI is InChI=1S/C24H38O4/c1-14(4-7-22(27)28)17-5-6-18-16-13-21(26)20-12-15(25)8-10-24(20,3)19(16)9-11-23(17,18)2/h12,14-19,21,25-26H,4-11,13H2,1-3H3,(H,27,28)/p-1/t14-,15-,16-,17+,18+,19-,21+,23-,24+/m1/s1. The van der Waals surface area contributed by atoms with Crippen LogP contribution in [0.3, 0.4) is 0 Å². The lowest BCUT2D eigenvalue weighted by Gasteiger charge is -2.60. The zero-order valence-electron chi connectivity index (χ0n) is 17.7. The number of carboxylic acids is 1. The zero-order chi connectivity index (χ0) is 20.3. The van der Waals surface area contributed by atoms with E-state index >= 15 is 0 Å². The smallest absolute Gasteiger partial charge is 0.0759 e. The molecular formula is C24H37O4-. The van der Waals surface area contributed by atoms with Gasteiger partial charge in [-0.2, -0.15) is 0 Å². The van der Waals surface area contributed by atoms with Crippen molar-refractivity contribution in [1.82, 2.24) is 0 Å². The van der Waals surface area contributed by atoms with Gasteiger partial charge in [0, 0.05) is 5.97 Å². The number of carbonyl (C=O) groups is 1. The minimum Gasteiger partial charge on any atom is -0.550 e. The van der Waals surface area contributed by atoms with Gasteiger partial charge in [0.05, 0.1) is 12.2 Å². The molecule has 0 radical (unpaired) electrons. The topological polar surface area (TPSA) is 80.6 Å². The van der Waals surface area contributed by atoms with E-state index in [9.17, 15) is 20.1 Å². The van der Waals surface area contributed by atoms with Crippen molar-refractivity contribution in [3.05, 3.63) is 11.6 Å². The van der Waals surface area contributed by atoms with E-state index < -0.39 is 18.2 Å². The summed E-state index contributed by atoms with van der Waals surface area (Å²) >= 11 is 0. The summed E-state index contributed by atoms with van der Waals surface area (Å²) in [6, 6.07) is 0. The minimum atomic E-state index is -0.933. The summed E-state index contributed by atoms with van der Waals surface area (Å²) in [5, 5.41) is 32.1. The molecule has 0 aromatic rings. The number of aliphatic hydroxyl groups is 2.